The van der Waals surface area contributed by atoms with Gasteiger partial charge in [-0.15, -0.1) is 0 Å². The molecule has 0 amide bonds. The Kier molecular flexibility index (Phi) is 6.00. The summed E-state index contributed by atoms with van der Waals surface area (Å²) in [6.07, 6.45) is -2.04. The molecule has 6 nitrogen and oxygen atoms in total. The zero-order valence-corrected chi connectivity index (χ0v) is 15.3. The first-order chi connectivity index (χ1) is 11.8. The van der Waals surface area contributed by atoms with Gasteiger partial charge in [-0.25, -0.2) is 30.7 Å². The predicted molar refractivity (Wildman–Crippen MR) is 85.7 cm³/mol. The van der Waals surface area contributed by atoms with Gasteiger partial charge < -0.3 is 0 Å². The Hall–Kier alpha value is -1.24. The Bertz CT molecular complexity index is 869. The summed E-state index contributed by atoms with van der Waals surface area (Å²) in [6, 6.07) is -0.549. The minimum atomic E-state index is -4.83. The van der Waals surface area contributed by atoms with E-state index in [1.54, 1.807) is 0 Å². The van der Waals surface area contributed by atoms with Crippen LogP contribution in [0.15, 0.2) is 23.1 Å². The molecule has 1 aliphatic carbocycles. The zero-order valence-electron chi connectivity index (χ0n) is 13.7. The lowest BCUT2D eigenvalue weighted by Crippen LogP contribution is -2.52. The van der Waals surface area contributed by atoms with Gasteiger partial charge in [-0.05, 0) is 31.0 Å². The fraction of sp³-hybridized carbons (Fsp3) is 0.571. The van der Waals surface area contributed by atoms with Gasteiger partial charge in [0.2, 0.25) is 20.0 Å². The van der Waals surface area contributed by atoms with Crippen molar-refractivity contribution in [1.82, 2.24) is 9.44 Å². The van der Waals surface area contributed by atoms with E-state index in [0.717, 1.165) is 6.26 Å². The number of hydrogen-bond acceptors (Lipinski definition) is 4. The minimum absolute atomic E-state index is 0.222. The summed E-state index contributed by atoms with van der Waals surface area (Å²) in [5.74, 6) is -1.33. The lowest BCUT2D eigenvalue weighted by atomic mass is 9.92. The van der Waals surface area contributed by atoms with Crippen LogP contribution in [0.1, 0.15) is 31.2 Å². The molecule has 12 heteroatoms. The van der Waals surface area contributed by atoms with Crippen molar-refractivity contribution in [2.75, 3.05) is 6.26 Å². The van der Waals surface area contributed by atoms with Crippen LogP contribution in [0.4, 0.5) is 17.6 Å². The maximum absolute atomic E-state index is 13.9. The second-order valence-corrected chi connectivity index (χ2v) is 9.61. The molecule has 2 atom stereocenters. The van der Waals surface area contributed by atoms with Crippen molar-refractivity contribution in [1.29, 1.82) is 0 Å². The van der Waals surface area contributed by atoms with Crippen molar-refractivity contribution >= 4 is 20.0 Å². The van der Waals surface area contributed by atoms with Crippen molar-refractivity contribution in [3.05, 3.63) is 29.6 Å². The van der Waals surface area contributed by atoms with Crippen LogP contribution in [-0.4, -0.2) is 35.2 Å². The molecular formula is C14H18F4N2O4S2. The highest BCUT2D eigenvalue weighted by Gasteiger charge is 2.35. The van der Waals surface area contributed by atoms with Gasteiger partial charge in [0, 0.05) is 12.1 Å². The molecule has 0 heterocycles. The van der Waals surface area contributed by atoms with Gasteiger partial charge in [-0.3, -0.25) is 0 Å². The van der Waals surface area contributed by atoms with Crippen LogP contribution in [0, 0.1) is 5.82 Å². The highest BCUT2D eigenvalue weighted by molar-refractivity contribution is 7.89. The summed E-state index contributed by atoms with van der Waals surface area (Å²) in [6.45, 7) is 0. The average molecular weight is 418 g/mol. The van der Waals surface area contributed by atoms with E-state index in [-0.39, 0.29) is 12.5 Å². The van der Waals surface area contributed by atoms with Gasteiger partial charge in [0.05, 0.1) is 11.8 Å². The maximum Gasteiger partial charge on any atom is 0.416 e. The van der Waals surface area contributed by atoms with Gasteiger partial charge in [0.15, 0.2) is 0 Å². The van der Waals surface area contributed by atoms with E-state index in [0.29, 0.717) is 31.4 Å². The number of alkyl halides is 3. The molecule has 0 aromatic heterocycles. The standard InChI is InChI=1S/C14H18F4N2O4S2/c1-25(21,22)19-11-4-2-3-5-12(11)20-26(23,24)13-8-9(14(16,17)18)6-7-10(13)15/h6-8,11-12,19-20H,2-5H2,1H3. The molecule has 1 aromatic carbocycles. The lowest BCUT2D eigenvalue weighted by molar-refractivity contribution is -0.137. The summed E-state index contributed by atoms with van der Waals surface area (Å²) in [7, 11) is -8.24. The molecule has 0 saturated heterocycles. The van der Waals surface area contributed by atoms with Crippen molar-refractivity contribution in [3.8, 4) is 0 Å². The number of benzene rings is 1. The van der Waals surface area contributed by atoms with E-state index in [4.69, 9.17) is 0 Å². The smallest absolute Gasteiger partial charge is 0.213 e. The summed E-state index contributed by atoms with van der Waals surface area (Å²) in [5.41, 5.74) is -1.30. The highest BCUT2D eigenvalue weighted by Crippen LogP contribution is 2.32. The Morgan fingerprint density at radius 2 is 1.54 bits per heavy atom. The third-order valence-corrected chi connectivity index (χ3v) is 6.22. The second-order valence-electron chi connectivity index (χ2n) is 6.15. The van der Waals surface area contributed by atoms with Gasteiger partial charge in [-0.1, -0.05) is 12.8 Å². The molecule has 2 unspecified atom stereocenters. The Balaban J connectivity index is 2.32. The Morgan fingerprint density at radius 1 is 1.00 bits per heavy atom. The first-order valence-corrected chi connectivity index (χ1v) is 11.0. The van der Waals surface area contributed by atoms with E-state index >= 15 is 0 Å². The van der Waals surface area contributed by atoms with Crippen molar-refractivity contribution in [2.24, 2.45) is 0 Å². The van der Waals surface area contributed by atoms with Crippen molar-refractivity contribution in [3.63, 3.8) is 0 Å². The van der Waals surface area contributed by atoms with Crippen LogP contribution >= 0.6 is 0 Å². The molecule has 0 radical (unpaired) electrons. The molecule has 0 bridgehead atoms. The van der Waals surface area contributed by atoms with Crippen LogP contribution in [0.25, 0.3) is 0 Å². The molecule has 2 N–H and O–H groups in total. The number of halogens is 4. The molecule has 1 saturated carbocycles. The second kappa shape index (κ2) is 7.41. The third kappa shape index (κ3) is 5.38. The van der Waals surface area contributed by atoms with E-state index in [1.165, 1.54) is 0 Å². The Labute approximate surface area is 149 Å². The molecule has 26 heavy (non-hydrogen) atoms. The van der Waals surface area contributed by atoms with E-state index in [9.17, 15) is 34.4 Å². The van der Waals surface area contributed by atoms with Crippen LogP contribution in [-0.2, 0) is 26.2 Å². The number of sulfonamides is 2. The van der Waals surface area contributed by atoms with Crippen LogP contribution < -0.4 is 9.44 Å². The summed E-state index contributed by atoms with van der Waals surface area (Å²) < 4.78 is 104. The molecular weight excluding hydrogens is 400 g/mol. The average Bonchev–Trinajstić information content (AvgIpc) is 2.46. The quantitative estimate of drug-likeness (QED) is 0.716. The maximum atomic E-state index is 13.9. The van der Waals surface area contributed by atoms with Crippen LogP contribution in [0.2, 0.25) is 0 Å². The first-order valence-electron chi connectivity index (χ1n) is 7.66. The minimum Gasteiger partial charge on any atom is -0.213 e. The lowest BCUT2D eigenvalue weighted by Gasteiger charge is -2.32. The number of nitrogens with one attached hydrogen (secondary N) is 2. The van der Waals surface area contributed by atoms with Gasteiger partial charge in [0.1, 0.15) is 10.7 Å². The number of hydrogen-bond donors (Lipinski definition) is 2. The van der Waals surface area contributed by atoms with Gasteiger partial charge in [-0.2, -0.15) is 13.2 Å². The monoisotopic (exact) mass is 418 g/mol. The Morgan fingerprint density at radius 3 is 2.04 bits per heavy atom. The molecule has 1 aliphatic rings. The SMILES string of the molecule is CS(=O)(=O)NC1CCCCC1NS(=O)(=O)c1cc(C(F)(F)F)ccc1F. The van der Waals surface area contributed by atoms with Gasteiger partial charge >= 0.3 is 6.18 Å². The van der Waals surface area contributed by atoms with E-state index < -0.39 is 54.6 Å². The molecule has 2 rings (SSSR count). The summed E-state index contributed by atoms with van der Waals surface area (Å²) in [4.78, 5) is -1.13. The molecule has 1 fully saturated rings. The van der Waals surface area contributed by atoms with Crippen molar-refractivity contribution < 1.29 is 34.4 Å². The van der Waals surface area contributed by atoms with Crippen LogP contribution in [0.5, 0.6) is 0 Å². The molecule has 0 spiro atoms. The van der Waals surface area contributed by atoms with E-state index in [1.807, 2.05) is 0 Å². The third-order valence-electron chi connectivity index (χ3n) is 3.99. The predicted octanol–water partition coefficient (Wildman–Crippen LogP) is 1.98. The normalized spacial score (nSPS) is 22.3. The molecule has 0 aliphatic heterocycles. The fourth-order valence-electron chi connectivity index (χ4n) is 2.84. The van der Waals surface area contributed by atoms with Gasteiger partial charge in [0.25, 0.3) is 0 Å². The highest BCUT2D eigenvalue weighted by atomic mass is 32.2. The van der Waals surface area contributed by atoms with Crippen molar-refractivity contribution in [2.45, 2.75) is 48.8 Å². The summed E-state index contributed by atoms with van der Waals surface area (Å²) in [5, 5.41) is 0. The largest absolute Gasteiger partial charge is 0.416 e. The molecule has 148 valence electrons. The topological polar surface area (TPSA) is 92.3 Å². The van der Waals surface area contributed by atoms with E-state index in [2.05, 4.69) is 9.44 Å². The summed E-state index contributed by atoms with van der Waals surface area (Å²) >= 11 is 0. The molecule has 1 aromatic rings. The number of rotatable bonds is 5. The first kappa shape index (κ1) is 21.1. The fourth-order valence-corrected chi connectivity index (χ4v) is 5.08. The zero-order chi connectivity index (χ0) is 19.8. The van der Waals surface area contributed by atoms with Crippen LogP contribution in [0.3, 0.4) is 0 Å².